The van der Waals surface area contributed by atoms with Crippen LogP contribution in [0.1, 0.15) is 62.5 Å². The van der Waals surface area contributed by atoms with Crippen molar-refractivity contribution in [2.45, 2.75) is 69.1 Å². The lowest BCUT2D eigenvalue weighted by Crippen LogP contribution is -2.70. The molecule has 1 fully saturated rings. The van der Waals surface area contributed by atoms with E-state index in [0.717, 1.165) is 31.8 Å². The van der Waals surface area contributed by atoms with Crippen LogP contribution in [0.5, 0.6) is 5.75 Å². The van der Waals surface area contributed by atoms with E-state index in [1.165, 1.54) is 41.0 Å². The number of fused-ring (bicyclic) bond motifs is 3. The van der Waals surface area contributed by atoms with Gasteiger partial charge in [-0.3, -0.25) is 28.8 Å². The largest absolute Gasteiger partial charge is 0.508 e. The van der Waals surface area contributed by atoms with Gasteiger partial charge in [0.2, 0.25) is 11.7 Å². The normalized spacial score (nSPS) is 23.8. The first-order chi connectivity index (χ1) is 29.1. The van der Waals surface area contributed by atoms with Crippen LogP contribution in [0.15, 0.2) is 102 Å². The molecule has 0 spiro atoms. The third-order valence-electron chi connectivity index (χ3n) is 12.8. The second kappa shape index (κ2) is 17.0. The number of carbonyl (C=O) groups is 4. The van der Waals surface area contributed by atoms with Gasteiger partial charge in [0.15, 0.2) is 11.4 Å². The third-order valence-corrected chi connectivity index (χ3v) is 17.3. The van der Waals surface area contributed by atoms with E-state index >= 15 is 0 Å². The van der Waals surface area contributed by atoms with Crippen molar-refractivity contribution in [1.29, 1.82) is 0 Å². The first kappa shape index (κ1) is 43.4. The molecule has 3 aliphatic rings. The van der Waals surface area contributed by atoms with E-state index in [1.807, 2.05) is 30.1 Å². The second-order valence-corrected chi connectivity index (χ2v) is 20.2. The summed E-state index contributed by atoms with van der Waals surface area (Å²) >= 11 is 0. The third kappa shape index (κ3) is 7.25. The lowest BCUT2D eigenvalue weighted by atomic mass is 9.54. The molecule has 6 atom stereocenters. The Morgan fingerprint density at radius 3 is 2.08 bits per heavy atom. The maximum atomic E-state index is 14.3. The molecule has 7 rings (SSSR count). The Balaban J connectivity index is 1.03. The second-order valence-electron chi connectivity index (χ2n) is 16.6. The first-order valence-electron chi connectivity index (χ1n) is 20.5. The highest BCUT2D eigenvalue weighted by Crippen LogP contribution is 2.58. The number of hydrogen-bond acceptors (Lipinski definition) is 11. The number of primary amides is 1. The van der Waals surface area contributed by atoms with E-state index in [1.54, 1.807) is 13.0 Å². The van der Waals surface area contributed by atoms with Crippen molar-refractivity contribution in [3.63, 3.8) is 0 Å². The number of nitrogens with one attached hydrogen (secondary N) is 1. The zero-order valence-electron chi connectivity index (χ0n) is 34.7. The molecule has 320 valence electrons. The molecule has 3 aliphatic carbocycles. The van der Waals surface area contributed by atoms with Gasteiger partial charge >= 0.3 is 0 Å². The van der Waals surface area contributed by atoms with Gasteiger partial charge in [0.1, 0.15) is 46.0 Å². The van der Waals surface area contributed by atoms with Crippen LogP contribution < -0.4 is 27.0 Å². The number of hydrogen-bond donors (Lipinski definition) is 7. The van der Waals surface area contributed by atoms with Crippen molar-refractivity contribution in [1.82, 2.24) is 14.7 Å². The number of nitrogens with zero attached hydrogens (tertiary/aromatic N) is 3. The number of unbranched alkanes of at least 4 members (excludes halogenated alkanes) is 4. The zero-order chi connectivity index (χ0) is 44.0. The number of aromatic hydroxyl groups is 1. The molecule has 3 aromatic carbocycles. The predicted octanol–water partition coefficient (Wildman–Crippen LogP) is 3.50. The van der Waals surface area contributed by atoms with Crippen LogP contribution in [0.3, 0.4) is 0 Å². The van der Waals surface area contributed by atoms with Crippen molar-refractivity contribution in [3.05, 3.63) is 113 Å². The molecule has 1 saturated carbocycles. The highest BCUT2D eigenvalue weighted by molar-refractivity contribution is 7.95. The molecule has 8 N–H and O–H groups in total. The molecular formula is C46H53N5O9P+. The summed E-state index contributed by atoms with van der Waals surface area (Å²) in [6.45, 7) is 1.65. The van der Waals surface area contributed by atoms with Gasteiger partial charge in [-0.25, -0.2) is 0 Å². The van der Waals surface area contributed by atoms with Crippen LogP contribution in [-0.2, 0) is 26.2 Å². The molecule has 2 amide bonds. The minimum absolute atomic E-state index is 0.0193. The highest BCUT2D eigenvalue weighted by Gasteiger charge is 2.68. The molecule has 4 aromatic rings. The smallest absolute Gasteiger partial charge is 0.255 e. The Kier molecular flexibility index (Phi) is 12.1. The Hall–Kier alpha value is -5.66. The standard InChI is InChI=1S/C46H52N5O9P/c1-26-30-21-22-31(39(53)34(30)40(54)35-33(26)41(55)37-38(50(2)3)42(56)36(45(47)59)44(58)46(37,60)43(35)57)49-32(52)20-14-6-5-7-15-23-61(27-16-10-8-11-17-27,28-18-12-9-13-19-28)29-24-48-51(4)25-29/h8-13,16-19,21-22,24-26,33,37-38,41,55,60H,5-7,14-15,20,23H2,1-4H3,(H5-,47,49,52,53,54,56,57,58,59)/p+1/t26-,33+,37+,38-,41-,46-/m0/s1. The molecule has 0 bridgehead atoms. The quantitative estimate of drug-likeness (QED) is 0.0421. The lowest BCUT2D eigenvalue weighted by molar-refractivity contribution is -0.169. The molecule has 0 aliphatic heterocycles. The fourth-order valence-electron chi connectivity index (χ4n) is 9.90. The summed E-state index contributed by atoms with van der Waals surface area (Å²) in [4.78, 5) is 54.6. The number of anilines is 1. The number of amides is 2. The summed E-state index contributed by atoms with van der Waals surface area (Å²) in [6, 6.07) is 22.9. The molecule has 1 aromatic heterocycles. The number of phenolic OH excluding ortho intramolecular Hbond substituents is 1. The molecule has 0 radical (unpaired) electrons. The average molecular weight is 851 g/mol. The molecule has 0 unspecified atom stereocenters. The molecule has 14 nitrogen and oxygen atoms in total. The first-order valence-corrected chi connectivity index (χ1v) is 22.5. The summed E-state index contributed by atoms with van der Waals surface area (Å²) in [5, 5.41) is 69.2. The van der Waals surface area contributed by atoms with Crippen LogP contribution in [0, 0.1) is 11.8 Å². The molecule has 61 heavy (non-hydrogen) atoms. The average Bonchev–Trinajstić information content (AvgIpc) is 3.67. The SMILES string of the molecule is C[C@H]1c2ccc(NC(=O)CCCCCCC[P+](c3ccccc3)(c3ccccc3)c3cnn(C)c3)c(O)c2C(O)=C2C(=O)[C@]3(O)C(O)=C(C(N)=O)C(=O)[C@@H](N(C)C)[C@@H]3[C@@H](O)[C@@H]21. The predicted molar refractivity (Wildman–Crippen MR) is 233 cm³/mol. The number of likely N-dealkylation sites (N-methyl/N-ethyl adjacent to an activating group) is 1. The number of Topliss-reactive ketones (excluding diaryl/α,β-unsaturated/α-hetero) is 2. The Labute approximate surface area is 354 Å². The van der Waals surface area contributed by atoms with E-state index < -0.39 is 88.7 Å². The van der Waals surface area contributed by atoms with Gasteiger partial charge in [-0.1, -0.05) is 62.2 Å². The zero-order valence-corrected chi connectivity index (χ0v) is 35.5. The number of ketones is 2. The van der Waals surface area contributed by atoms with E-state index in [4.69, 9.17) is 5.73 Å². The van der Waals surface area contributed by atoms with E-state index in [-0.39, 0.29) is 23.6 Å². The van der Waals surface area contributed by atoms with Gasteiger partial charge in [-0.05, 0) is 75.2 Å². The van der Waals surface area contributed by atoms with Crippen molar-refractivity contribution in [3.8, 4) is 5.75 Å². The van der Waals surface area contributed by atoms with Crippen LogP contribution in [0.4, 0.5) is 5.69 Å². The topological polar surface area (TPSA) is 229 Å². The number of benzene rings is 3. The van der Waals surface area contributed by atoms with Gasteiger partial charge in [0.05, 0.1) is 47.9 Å². The Morgan fingerprint density at radius 2 is 1.51 bits per heavy atom. The summed E-state index contributed by atoms with van der Waals surface area (Å²) in [5.74, 6) is -10.2. The van der Waals surface area contributed by atoms with Crippen molar-refractivity contribution >= 4 is 58.0 Å². The van der Waals surface area contributed by atoms with E-state index in [0.29, 0.717) is 12.0 Å². The Morgan fingerprint density at radius 1 is 0.902 bits per heavy atom. The van der Waals surface area contributed by atoms with Crippen LogP contribution in [-0.4, -0.2) is 102 Å². The fourth-order valence-corrected chi connectivity index (χ4v) is 14.2. The van der Waals surface area contributed by atoms with Gasteiger partial charge < -0.3 is 36.6 Å². The number of aryl methyl sites for hydroxylation is 1. The summed E-state index contributed by atoms with van der Waals surface area (Å²) in [6.07, 6.45) is 7.83. The molecule has 15 heteroatoms. The van der Waals surface area contributed by atoms with Gasteiger partial charge in [0, 0.05) is 25.0 Å². The van der Waals surface area contributed by atoms with Gasteiger partial charge in [-0.15, -0.1) is 0 Å². The fraction of sp³-hybridized carbons (Fsp3) is 0.370. The van der Waals surface area contributed by atoms with Crippen LogP contribution in [0.2, 0.25) is 0 Å². The Bertz CT molecular complexity index is 2390. The maximum absolute atomic E-state index is 14.3. The summed E-state index contributed by atoms with van der Waals surface area (Å²) in [5.41, 5.74) is 1.04. The lowest BCUT2D eigenvalue weighted by Gasteiger charge is -2.53. The molecule has 0 saturated heterocycles. The summed E-state index contributed by atoms with van der Waals surface area (Å²) in [7, 11) is 2.86. The number of carbonyl (C=O) groups excluding carboxylic acids is 4. The van der Waals surface area contributed by atoms with E-state index in [2.05, 4.69) is 65.1 Å². The monoisotopic (exact) mass is 850 g/mol. The number of aliphatic hydroxyl groups is 4. The number of phenols is 1. The van der Waals surface area contributed by atoms with Crippen LogP contribution >= 0.6 is 7.26 Å². The van der Waals surface area contributed by atoms with Crippen molar-refractivity contribution < 1.29 is 44.7 Å². The highest BCUT2D eigenvalue weighted by atomic mass is 31.2. The minimum atomic E-state index is -3.01. The maximum Gasteiger partial charge on any atom is 0.255 e. The van der Waals surface area contributed by atoms with Gasteiger partial charge in [-0.2, -0.15) is 5.10 Å². The molecule has 1 heterocycles. The van der Waals surface area contributed by atoms with Crippen LogP contribution in [0.25, 0.3) is 5.76 Å². The summed E-state index contributed by atoms with van der Waals surface area (Å²) < 4.78 is 1.86. The van der Waals surface area contributed by atoms with Gasteiger partial charge in [0.25, 0.3) is 5.91 Å². The van der Waals surface area contributed by atoms with Crippen molar-refractivity contribution in [2.75, 3.05) is 25.6 Å². The van der Waals surface area contributed by atoms with Crippen molar-refractivity contribution in [2.24, 2.45) is 24.6 Å². The molecular weight excluding hydrogens is 798 g/mol. The number of rotatable bonds is 14. The number of aliphatic hydroxyl groups excluding tert-OH is 3. The number of aromatic nitrogens is 2. The number of nitrogens with two attached hydrogens (primary N) is 1. The van der Waals surface area contributed by atoms with E-state index in [9.17, 15) is 44.7 Å². The minimum Gasteiger partial charge on any atom is -0.508 e.